The topological polar surface area (TPSA) is 151 Å². The van der Waals surface area contributed by atoms with Gasteiger partial charge in [0, 0.05) is 10.9 Å². The van der Waals surface area contributed by atoms with Gasteiger partial charge in [0.15, 0.2) is 34.5 Å². The summed E-state index contributed by atoms with van der Waals surface area (Å²) in [7, 11) is 0. The summed E-state index contributed by atoms with van der Waals surface area (Å²) in [5.41, 5.74) is 8.79. The average molecular weight is 616 g/mol. The lowest BCUT2D eigenvalue weighted by Crippen LogP contribution is -2.05. The zero-order valence-corrected chi connectivity index (χ0v) is 20.3. The molecule has 0 saturated heterocycles. The number of halogens is 3. The lowest BCUT2D eigenvalue weighted by atomic mass is 9.98. The van der Waals surface area contributed by atoms with E-state index < -0.39 is 0 Å². The number of imidazole rings is 1. The molecule has 2 aromatic heterocycles. The van der Waals surface area contributed by atoms with E-state index in [1.54, 1.807) is 10.9 Å². The molecule has 0 aliphatic heterocycles. The van der Waals surface area contributed by atoms with Gasteiger partial charge in [-0.2, -0.15) is 0 Å². The van der Waals surface area contributed by atoms with E-state index in [4.69, 9.17) is 5.73 Å². The number of aromatic hydroxyl groups is 4. The van der Waals surface area contributed by atoms with Crippen LogP contribution in [0.5, 0.6) is 23.0 Å². The molecule has 0 saturated carbocycles. The molecule has 0 spiro atoms. The van der Waals surface area contributed by atoms with Gasteiger partial charge in [0.05, 0.1) is 21.8 Å². The molecule has 0 aliphatic rings. The van der Waals surface area contributed by atoms with Crippen molar-refractivity contribution in [3.63, 3.8) is 0 Å². The first-order valence-corrected chi connectivity index (χ1v) is 11.1. The first-order valence-electron chi connectivity index (χ1n) is 8.71. The minimum absolute atomic E-state index is 0.251. The fourth-order valence-corrected chi connectivity index (χ4v) is 4.72. The Morgan fingerprint density at radius 2 is 1.48 bits per heavy atom. The fourth-order valence-electron chi connectivity index (χ4n) is 3.22. The van der Waals surface area contributed by atoms with Crippen molar-refractivity contribution >= 4 is 64.8 Å². The molecule has 2 aromatic carbocycles. The standard InChI is InChI=1S/C19H14Br3N5O4/c20-12-7(2-10(28)17(31)14(12)22)1-9-8(3-11(29)16(30)13(9)21)4-27-6-26-15-18(23)24-5-25-19(15)27/h2-3,5-6,28-31H,1,4H2,(H2,23,24,25). The second-order valence-corrected chi connectivity index (χ2v) is 9.09. The molecule has 0 radical (unpaired) electrons. The smallest absolute Gasteiger partial charge is 0.173 e. The minimum Gasteiger partial charge on any atom is -0.504 e. The monoisotopic (exact) mass is 613 g/mol. The molecule has 12 heteroatoms. The SMILES string of the molecule is Nc1ncnc2c1ncn2Cc1cc(O)c(O)c(Br)c1Cc1cc(O)c(O)c(Br)c1Br. The molecule has 0 aliphatic carbocycles. The van der Waals surface area contributed by atoms with E-state index >= 15 is 0 Å². The molecule has 0 fully saturated rings. The van der Waals surface area contributed by atoms with Crippen LogP contribution >= 0.6 is 47.8 Å². The number of fused-ring (bicyclic) bond motifs is 1. The lowest BCUT2D eigenvalue weighted by molar-refractivity contribution is 0.399. The number of hydrogen-bond acceptors (Lipinski definition) is 8. The summed E-state index contributed by atoms with van der Waals surface area (Å²) in [4.78, 5) is 12.4. The molecular weight excluding hydrogens is 602 g/mol. The summed E-state index contributed by atoms with van der Waals surface area (Å²) in [6.07, 6.45) is 3.16. The van der Waals surface area contributed by atoms with E-state index in [2.05, 4.69) is 62.7 Å². The highest BCUT2D eigenvalue weighted by Gasteiger charge is 2.21. The molecule has 0 amide bonds. The molecule has 31 heavy (non-hydrogen) atoms. The largest absolute Gasteiger partial charge is 0.504 e. The van der Waals surface area contributed by atoms with Gasteiger partial charge < -0.3 is 30.7 Å². The number of phenols is 4. The zero-order chi connectivity index (χ0) is 22.4. The second-order valence-electron chi connectivity index (χ2n) is 6.71. The number of nitrogens with two attached hydrogens (primary N) is 1. The van der Waals surface area contributed by atoms with E-state index in [1.165, 1.54) is 18.5 Å². The quantitative estimate of drug-likeness (QED) is 0.215. The first-order chi connectivity index (χ1) is 14.7. The van der Waals surface area contributed by atoms with Gasteiger partial charge in [0.25, 0.3) is 0 Å². The van der Waals surface area contributed by atoms with Crippen molar-refractivity contribution in [1.82, 2.24) is 19.5 Å². The van der Waals surface area contributed by atoms with E-state index in [0.29, 0.717) is 41.3 Å². The molecule has 4 rings (SSSR count). The third kappa shape index (κ3) is 3.79. The summed E-state index contributed by atoms with van der Waals surface area (Å²) >= 11 is 10.0. The van der Waals surface area contributed by atoms with Gasteiger partial charge in [-0.3, -0.25) is 0 Å². The average Bonchev–Trinajstić information content (AvgIpc) is 3.15. The van der Waals surface area contributed by atoms with Gasteiger partial charge in [-0.1, -0.05) is 0 Å². The summed E-state index contributed by atoms with van der Waals surface area (Å²) in [6, 6.07) is 2.87. The number of rotatable bonds is 4. The fraction of sp³-hybridized carbons (Fsp3) is 0.105. The van der Waals surface area contributed by atoms with Crippen LogP contribution in [0.4, 0.5) is 5.82 Å². The maximum atomic E-state index is 10.3. The van der Waals surface area contributed by atoms with Crippen molar-refractivity contribution in [1.29, 1.82) is 0 Å². The Bertz CT molecular complexity index is 1340. The van der Waals surface area contributed by atoms with Crippen molar-refractivity contribution in [2.45, 2.75) is 13.0 Å². The summed E-state index contributed by atoms with van der Waals surface area (Å²) in [6.45, 7) is 0.261. The van der Waals surface area contributed by atoms with Crippen LogP contribution in [-0.4, -0.2) is 39.9 Å². The van der Waals surface area contributed by atoms with Gasteiger partial charge in [0.2, 0.25) is 0 Å². The zero-order valence-electron chi connectivity index (χ0n) is 15.5. The van der Waals surface area contributed by atoms with Crippen LogP contribution in [-0.2, 0) is 13.0 Å². The van der Waals surface area contributed by atoms with Crippen LogP contribution in [0.25, 0.3) is 11.2 Å². The molecular formula is C19H14Br3N5O4. The number of nitrogens with zero attached hydrogens (tertiary/aromatic N) is 4. The Kier molecular flexibility index (Phi) is 5.71. The van der Waals surface area contributed by atoms with Gasteiger partial charge >= 0.3 is 0 Å². The predicted octanol–water partition coefficient (Wildman–Crippen LogP) is 4.16. The normalized spacial score (nSPS) is 11.3. The highest BCUT2D eigenvalue weighted by atomic mass is 79.9. The molecule has 4 aromatic rings. The summed E-state index contributed by atoms with van der Waals surface area (Å²) in [5.74, 6) is -0.923. The van der Waals surface area contributed by atoms with E-state index in [0.717, 1.165) is 0 Å². The van der Waals surface area contributed by atoms with E-state index in [1.807, 2.05) is 0 Å². The highest BCUT2D eigenvalue weighted by molar-refractivity contribution is 9.13. The predicted molar refractivity (Wildman–Crippen MR) is 124 cm³/mol. The van der Waals surface area contributed by atoms with E-state index in [9.17, 15) is 20.4 Å². The lowest BCUT2D eigenvalue weighted by Gasteiger charge is -2.17. The molecule has 0 unspecified atom stereocenters. The Morgan fingerprint density at radius 3 is 2.19 bits per heavy atom. The molecule has 2 heterocycles. The van der Waals surface area contributed by atoms with Gasteiger partial charge in [-0.25, -0.2) is 15.0 Å². The first kappa shape index (κ1) is 21.7. The molecule has 160 valence electrons. The Hall–Kier alpha value is -2.57. The van der Waals surface area contributed by atoms with Crippen LogP contribution in [0.1, 0.15) is 16.7 Å². The van der Waals surface area contributed by atoms with Crippen molar-refractivity contribution in [3.05, 3.63) is 54.9 Å². The number of hydrogen-bond donors (Lipinski definition) is 5. The van der Waals surface area contributed by atoms with Crippen LogP contribution in [0.3, 0.4) is 0 Å². The van der Waals surface area contributed by atoms with Crippen molar-refractivity contribution in [3.8, 4) is 23.0 Å². The van der Waals surface area contributed by atoms with Gasteiger partial charge in [-0.05, 0) is 76.6 Å². The molecule has 9 nitrogen and oxygen atoms in total. The summed E-state index contributed by atoms with van der Waals surface area (Å²) in [5, 5.41) is 40.4. The number of anilines is 1. The summed E-state index contributed by atoms with van der Waals surface area (Å²) < 4.78 is 2.89. The number of phenolic OH excluding ortho intramolecular Hbond substituents is 4. The van der Waals surface area contributed by atoms with Crippen molar-refractivity contribution in [2.75, 3.05) is 5.73 Å². The number of benzene rings is 2. The van der Waals surface area contributed by atoms with Gasteiger partial charge in [-0.15, -0.1) is 0 Å². The Balaban J connectivity index is 1.84. The van der Waals surface area contributed by atoms with Gasteiger partial charge in [0.1, 0.15) is 11.8 Å². The van der Waals surface area contributed by atoms with Crippen LogP contribution in [0, 0.1) is 0 Å². The molecule has 6 N–H and O–H groups in total. The Labute approximate surface area is 200 Å². The second kappa shape index (κ2) is 8.17. The molecule has 0 atom stereocenters. The highest BCUT2D eigenvalue weighted by Crippen LogP contribution is 2.44. The van der Waals surface area contributed by atoms with Crippen LogP contribution < -0.4 is 5.73 Å². The number of aromatic nitrogens is 4. The van der Waals surface area contributed by atoms with Crippen LogP contribution in [0.15, 0.2) is 38.2 Å². The maximum Gasteiger partial charge on any atom is 0.173 e. The van der Waals surface area contributed by atoms with E-state index in [-0.39, 0.29) is 41.8 Å². The van der Waals surface area contributed by atoms with Crippen molar-refractivity contribution < 1.29 is 20.4 Å². The third-order valence-electron chi connectivity index (χ3n) is 4.79. The van der Waals surface area contributed by atoms with Crippen molar-refractivity contribution in [2.24, 2.45) is 0 Å². The van der Waals surface area contributed by atoms with Crippen LogP contribution in [0.2, 0.25) is 0 Å². The minimum atomic E-state index is -0.306. The molecule has 0 bridgehead atoms. The number of nitrogen functional groups attached to an aromatic ring is 1. The maximum absolute atomic E-state index is 10.3. The third-order valence-corrected chi connectivity index (χ3v) is 7.85. The Morgan fingerprint density at radius 1 is 0.839 bits per heavy atom.